The highest BCUT2D eigenvalue weighted by atomic mass is 35.5. The molecule has 0 bridgehead atoms. The molecule has 0 aromatic heterocycles. The molecule has 0 amide bonds. The summed E-state index contributed by atoms with van der Waals surface area (Å²) in [7, 11) is 0. The highest BCUT2D eigenvalue weighted by molar-refractivity contribution is 6.38. The van der Waals surface area contributed by atoms with Gasteiger partial charge in [-0.1, -0.05) is 72.8 Å². The molecule has 0 N–H and O–H groups in total. The summed E-state index contributed by atoms with van der Waals surface area (Å²) in [6, 6.07) is 19.2. The first kappa shape index (κ1) is 18.3. The SMILES string of the molecule is C=Cc1ccc(-c2ccc3c(Cl)c(-c4cc(F)c(F)c(F)c4)ccc3c2)cc1. The minimum Gasteiger partial charge on any atom is -0.204 e. The van der Waals surface area contributed by atoms with E-state index in [-0.39, 0.29) is 5.56 Å². The van der Waals surface area contributed by atoms with Gasteiger partial charge in [0.1, 0.15) is 0 Å². The number of rotatable bonds is 3. The second kappa shape index (κ2) is 7.17. The Morgan fingerprint density at radius 1 is 0.714 bits per heavy atom. The molecule has 0 aliphatic rings. The second-order valence-corrected chi connectivity index (χ2v) is 6.82. The van der Waals surface area contributed by atoms with Crippen molar-refractivity contribution in [1.29, 1.82) is 0 Å². The van der Waals surface area contributed by atoms with Gasteiger partial charge >= 0.3 is 0 Å². The lowest BCUT2D eigenvalue weighted by atomic mass is 9.97. The summed E-state index contributed by atoms with van der Waals surface area (Å²) >= 11 is 6.51. The molecule has 4 aromatic rings. The van der Waals surface area contributed by atoms with E-state index in [0.717, 1.165) is 39.6 Å². The molecular weight excluding hydrogens is 381 g/mol. The van der Waals surface area contributed by atoms with Gasteiger partial charge in [0.2, 0.25) is 0 Å². The Morgan fingerprint density at radius 3 is 2.00 bits per heavy atom. The van der Waals surface area contributed by atoms with Gasteiger partial charge in [-0.3, -0.25) is 0 Å². The molecule has 0 saturated heterocycles. The van der Waals surface area contributed by atoms with Crippen molar-refractivity contribution in [1.82, 2.24) is 0 Å². The summed E-state index contributed by atoms with van der Waals surface area (Å²) in [6.07, 6.45) is 1.78. The van der Waals surface area contributed by atoms with Crippen LogP contribution in [0.15, 0.2) is 73.3 Å². The molecule has 0 radical (unpaired) electrons. The largest absolute Gasteiger partial charge is 0.204 e. The molecule has 0 aliphatic carbocycles. The summed E-state index contributed by atoms with van der Waals surface area (Å²) in [5.74, 6) is -3.98. The first-order valence-corrected chi connectivity index (χ1v) is 8.96. The maximum atomic E-state index is 13.6. The van der Waals surface area contributed by atoms with Crippen molar-refractivity contribution < 1.29 is 13.2 Å². The monoisotopic (exact) mass is 394 g/mol. The fraction of sp³-hybridized carbons (Fsp3) is 0. The van der Waals surface area contributed by atoms with Crippen molar-refractivity contribution >= 4 is 28.4 Å². The van der Waals surface area contributed by atoms with E-state index in [4.69, 9.17) is 11.6 Å². The maximum absolute atomic E-state index is 13.6. The van der Waals surface area contributed by atoms with E-state index in [1.165, 1.54) is 0 Å². The van der Waals surface area contributed by atoms with Gasteiger partial charge in [-0.25, -0.2) is 13.2 Å². The maximum Gasteiger partial charge on any atom is 0.194 e. The minimum absolute atomic E-state index is 0.187. The van der Waals surface area contributed by atoms with Gasteiger partial charge in [-0.05, 0) is 45.8 Å². The van der Waals surface area contributed by atoms with Crippen LogP contribution in [0.4, 0.5) is 13.2 Å². The van der Waals surface area contributed by atoms with Gasteiger partial charge in [0.25, 0.3) is 0 Å². The molecule has 0 saturated carbocycles. The van der Waals surface area contributed by atoms with E-state index in [1.807, 2.05) is 48.5 Å². The van der Waals surface area contributed by atoms with Gasteiger partial charge in [-0.15, -0.1) is 0 Å². The van der Waals surface area contributed by atoms with Gasteiger partial charge < -0.3 is 0 Å². The fourth-order valence-electron chi connectivity index (χ4n) is 3.22. The predicted octanol–water partition coefficient (Wildman–Crippen LogP) is 7.89. The van der Waals surface area contributed by atoms with Crippen LogP contribution in [0.5, 0.6) is 0 Å². The Hall–Kier alpha value is -3.04. The van der Waals surface area contributed by atoms with Crippen LogP contribution in [-0.2, 0) is 0 Å². The van der Waals surface area contributed by atoms with E-state index >= 15 is 0 Å². The summed E-state index contributed by atoms with van der Waals surface area (Å²) in [4.78, 5) is 0. The molecule has 0 aliphatic heterocycles. The van der Waals surface area contributed by atoms with Crippen molar-refractivity contribution in [2.24, 2.45) is 0 Å². The molecular formula is C24H14ClF3. The summed E-state index contributed by atoms with van der Waals surface area (Å²) < 4.78 is 40.4. The van der Waals surface area contributed by atoms with Gasteiger partial charge in [0.15, 0.2) is 17.5 Å². The molecule has 0 atom stereocenters. The first-order chi connectivity index (χ1) is 13.5. The lowest BCUT2D eigenvalue weighted by molar-refractivity contribution is 0.448. The van der Waals surface area contributed by atoms with Crippen LogP contribution in [0.3, 0.4) is 0 Å². The fourth-order valence-corrected chi connectivity index (χ4v) is 3.56. The second-order valence-electron chi connectivity index (χ2n) is 6.44. The molecule has 0 fully saturated rings. The van der Waals surface area contributed by atoms with Crippen LogP contribution in [0.2, 0.25) is 5.02 Å². The lowest BCUT2D eigenvalue weighted by Gasteiger charge is -2.11. The number of benzene rings is 4. The average molecular weight is 395 g/mol. The van der Waals surface area contributed by atoms with E-state index in [0.29, 0.717) is 10.6 Å². The first-order valence-electron chi connectivity index (χ1n) is 8.58. The Morgan fingerprint density at radius 2 is 1.36 bits per heavy atom. The van der Waals surface area contributed by atoms with Crippen LogP contribution in [0.25, 0.3) is 39.1 Å². The molecule has 4 heteroatoms. The highest BCUT2D eigenvalue weighted by Gasteiger charge is 2.15. The number of hydrogen-bond acceptors (Lipinski definition) is 0. The Bertz CT molecular complexity index is 1190. The lowest BCUT2D eigenvalue weighted by Crippen LogP contribution is -1.92. The number of halogens is 4. The van der Waals surface area contributed by atoms with Crippen LogP contribution in [0, 0.1) is 17.5 Å². The number of hydrogen-bond donors (Lipinski definition) is 0. The van der Waals surface area contributed by atoms with Crippen LogP contribution >= 0.6 is 11.6 Å². The molecule has 0 heterocycles. The quantitative estimate of drug-likeness (QED) is 0.310. The molecule has 28 heavy (non-hydrogen) atoms. The van der Waals surface area contributed by atoms with E-state index in [1.54, 1.807) is 12.1 Å². The Balaban J connectivity index is 1.81. The molecule has 0 spiro atoms. The standard InChI is InChI=1S/C24H14ClF3/c1-2-14-3-5-15(6-4-14)16-7-9-19-17(11-16)8-10-20(23(19)25)18-12-21(26)24(28)22(27)13-18/h2-13H,1H2. The zero-order valence-corrected chi connectivity index (χ0v) is 15.4. The van der Waals surface area contributed by atoms with Crippen LogP contribution in [0.1, 0.15) is 5.56 Å². The van der Waals surface area contributed by atoms with Crippen LogP contribution in [-0.4, -0.2) is 0 Å². The minimum atomic E-state index is -1.49. The third kappa shape index (κ3) is 3.19. The summed E-state index contributed by atoms with van der Waals surface area (Å²) in [5.41, 5.74) is 3.74. The van der Waals surface area contributed by atoms with Crippen molar-refractivity contribution in [3.8, 4) is 22.3 Å². The Kier molecular flexibility index (Phi) is 4.70. The third-order valence-corrected chi connectivity index (χ3v) is 5.14. The highest BCUT2D eigenvalue weighted by Crippen LogP contribution is 2.37. The molecule has 0 unspecified atom stereocenters. The zero-order chi connectivity index (χ0) is 19.8. The average Bonchev–Trinajstić information content (AvgIpc) is 2.72. The van der Waals surface area contributed by atoms with E-state index in [2.05, 4.69) is 6.58 Å². The third-order valence-electron chi connectivity index (χ3n) is 4.73. The number of fused-ring (bicyclic) bond motifs is 1. The van der Waals surface area contributed by atoms with Gasteiger partial charge in [0.05, 0.1) is 5.02 Å². The van der Waals surface area contributed by atoms with E-state index < -0.39 is 17.5 Å². The normalized spacial score (nSPS) is 11.0. The molecule has 4 rings (SSSR count). The smallest absolute Gasteiger partial charge is 0.194 e. The molecule has 0 nitrogen and oxygen atoms in total. The van der Waals surface area contributed by atoms with Crippen molar-refractivity contribution in [2.75, 3.05) is 0 Å². The van der Waals surface area contributed by atoms with Crippen molar-refractivity contribution in [3.63, 3.8) is 0 Å². The van der Waals surface area contributed by atoms with Crippen molar-refractivity contribution in [3.05, 3.63) is 101 Å². The molecule has 138 valence electrons. The summed E-state index contributed by atoms with van der Waals surface area (Å²) in [5, 5.41) is 1.99. The predicted molar refractivity (Wildman–Crippen MR) is 110 cm³/mol. The zero-order valence-electron chi connectivity index (χ0n) is 14.6. The van der Waals surface area contributed by atoms with E-state index in [9.17, 15) is 13.2 Å². The topological polar surface area (TPSA) is 0 Å². The molecule has 4 aromatic carbocycles. The Labute approximate surface area is 165 Å². The summed E-state index contributed by atoms with van der Waals surface area (Å²) in [6.45, 7) is 3.75. The van der Waals surface area contributed by atoms with Gasteiger partial charge in [-0.2, -0.15) is 0 Å². The van der Waals surface area contributed by atoms with Gasteiger partial charge in [0, 0.05) is 10.9 Å². The van der Waals surface area contributed by atoms with Crippen LogP contribution < -0.4 is 0 Å². The van der Waals surface area contributed by atoms with Crippen molar-refractivity contribution in [2.45, 2.75) is 0 Å².